The van der Waals surface area contributed by atoms with Gasteiger partial charge in [-0.25, -0.2) is 14.9 Å². The largest absolute Gasteiger partial charge is 0.481 e. The number of carboxylic acids is 1. The third-order valence-electron chi connectivity index (χ3n) is 2.21. The molecule has 4 N–H and O–H groups in total. The van der Waals surface area contributed by atoms with Crippen molar-refractivity contribution < 1.29 is 14.6 Å². The number of nitrogens with two attached hydrogens (primary N) is 1. The van der Waals surface area contributed by atoms with Crippen LogP contribution >= 0.6 is 24.8 Å². The highest BCUT2D eigenvalue weighted by Crippen LogP contribution is 2.15. The number of hydrogen-bond donors (Lipinski definition) is 3. The SMILES string of the molecule is Cl.Cl.Nn1cnnc1N/N=C/c1ccccc1OCC(=O)O. The maximum atomic E-state index is 10.5. The Morgan fingerprint density at radius 3 is 2.82 bits per heavy atom. The maximum absolute atomic E-state index is 10.5. The molecule has 0 radical (unpaired) electrons. The minimum atomic E-state index is -1.05. The smallest absolute Gasteiger partial charge is 0.341 e. The molecule has 0 fully saturated rings. The minimum absolute atomic E-state index is 0. The van der Waals surface area contributed by atoms with Gasteiger partial charge in [0.05, 0.1) is 6.21 Å². The molecule has 0 bridgehead atoms. The number of nitrogens with one attached hydrogen (secondary N) is 1. The molecule has 2 rings (SSSR count). The molecule has 0 saturated carbocycles. The average molecular weight is 349 g/mol. The molecule has 0 atom stereocenters. The Labute approximate surface area is 138 Å². The number of nitrogens with zero attached hydrogens (tertiary/aromatic N) is 4. The van der Waals surface area contributed by atoms with Gasteiger partial charge in [0.15, 0.2) is 6.61 Å². The fourth-order valence-electron chi connectivity index (χ4n) is 1.34. The van der Waals surface area contributed by atoms with Gasteiger partial charge in [0.25, 0.3) is 5.95 Å². The molecule has 120 valence electrons. The van der Waals surface area contributed by atoms with Crippen LogP contribution < -0.4 is 16.0 Å². The second-order valence-electron chi connectivity index (χ2n) is 3.65. The van der Waals surface area contributed by atoms with Crippen molar-refractivity contribution in [3.05, 3.63) is 36.2 Å². The number of carboxylic acid groups (broad SMARTS) is 1. The first-order valence-corrected chi connectivity index (χ1v) is 5.54. The number of carbonyl (C=O) groups is 1. The standard InChI is InChI=1S/C11H12N6O3.2ClH/c12-17-7-14-16-11(17)15-13-5-8-3-1-2-4-9(8)20-6-10(18)19;;/h1-5,7H,6,12H2,(H,15,16)(H,18,19);2*1H/b13-5+;;. The van der Waals surface area contributed by atoms with Crippen LogP contribution in [0.25, 0.3) is 0 Å². The quantitative estimate of drug-likeness (QED) is 0.399. The van der Waals surface area contributed by atoms with Crippen LogP contribution in [-0.2, 0) is 4.79 Å². The number of hydrogen-bond acceptors (Lipinski definition) is 7. The predicted octanol–water partition coefficient (Wildman–Crippen LogP) is 0.745. The topological polar surface area (TPSA) is 128 Å². The van der Waals surface area contributed by atoms with Crippen LogP contribution in [-0.4, -0.2) is 38.8 Å². The van der Waals surface area contributed by atoms with Crippen molar-refractivity contribution in [2.75, 3.05) is 17.9 Å². The molecule has 0 aliphatic heterocycles. The zero-order chi connectivity index (χ0) is 14.4. The van der Waals surface area contributed by atoms with E-state index in [1.165, 1.54) is 17.2 Å². The van der Waals surface area contributed by atoms with Gasteiger partial charge in [-0.1, -0.05) is 12.1 Å². The third-order valence-corrected chi connectivity index (χ3v) is 2.21. The van der Waals surface area contributed by atoms with Gasteiger partial charge in [-0.15, -0.1) is 35.0 Å². The highest BCUT2D eigenvalue weighted by atomic mass is 35.5. The van der Waals surface area contributed by atoms with Crippen molar-refractivity contribution in [3.8, 4) is 5.75 Å². The highest BCUT2D eigenvalue weighted by Gasteiger charge is 2.03. The highest BCUT2D eigenvalue weighted by molar-refractivity contribution is 5.85. The van der Waals surface area contributed by atoms with E-state index in [4.69, 9.17) is 15.7 Å². The van der Waals surface area contributed by atoms with Crippen molar-refractivity contribution in [1.29, 1.82) is 0 Å². The Kier molecular flexibility index (Phi) is 8.34. The van der Waals surface area contributed by atoms with Gasteiger partial charge < -0.3 is 15.7 Å². The predicted molar refractivity (Wildman–Crippen MR) is 85.5 cm³/mol. The third kappa shape index (κ3) is 5.46. The zero-order valence-electron chi connectivity index (χ0n) is 11.1. The molecule has 0 unspecified atom stereocenters. The van der Waals surface area contributed by atoms with Gasteiger partial charge in [0, 0.05) is 5.56 Å². The summed E-state index contributed by atoms with van der Waals surface area (Å²) in [4.78, 5) is 10.5. The molecule has 1 aromatic carbocycles. The molecule has 0 saturated heterocycles. The number of hydrazone groups is 1. The second kappa shape index (κ2) is 9.42. The van der Waals surface area contributed by atoms with Gasteiger partial charge in [0.1, 0.15) is 12.1 Å². The monoisotopic (exact) mass is 348 g/mol. The Morgan fingerprint density at radius 1 is 1.45 bits per heavy atom. The summed E-state index contributed by atoms with van der Waals surface area (Å²) in [5, 5.41) is 19.8. The van der Waals surface area contributed by atoms with E-state index in [0.29, 0.717) is 11.3 Å². The number of ether oxygens (including phenoxy) is 1. The summed E-state index contributed by atoms with van der Waals surface area (Å²) in [5.41, 5.74) is 3.21. The van der Waals surface area contributed by atoms with Gasteiger partial charge in [0.2, 0.25) is 0 Å². The van der Waals surface area contributed by atoms with Crippen molar-refractivity contribution in [2.24, 2.45) is 5.10 Å². The van der Waals surface area contributed by atoms with Gasteiger partial charge in [-0.05, 0) is 12.1 Å². The van der Waals surface area contributed by atoms with E-state index in [1.54, 1.807) is 24.3 Å². The van der Waals surface area contributed by atoms with Crippen LogP contribution in [0.5, 0.6) is 5.75 Å². The number of aliphatic carboxylic acids is 1. The molecule has 0 spiro atoms. The number of para-hydroxylation sites is 1. The average Bonchev–Trinajstić information content (AvgIpc) is 2.83. The molecule has 11 heteroatoms. The van der Waals surface area contributed by atoms with Gasteiger partial charge in [-0.2, -0.15) is 5.10 Å². The molecule has 0 aliphatic rings. The lowest BCUT2D eigenvalue weighted by atomic mass is 10.2. The fraction of sp³-hybridized carbons (Fsp3) is 0.0909. The van der Waals surface area contributed by atoms with E-state index in [1.807, 2.05) is 0 Å². The molecular weight excluding hydrogens is 335 g/mol. The Balaban J connectivity index is 0.00000220. The molecular formula is C11H14Cl2N6O3. The van der Waals surface area contributed by atoms with Crippen LogP contribution in [0.4, 0.5) is 5.95 Å². The van der Waals surface area contributed by atoms with Crippen LogP contribution in [0.1, 0.15) is 5.56 Å². The lowest BCUT2D eigenvalue weighted by Crippen LogP contribution is -2.11. The molecule has 9 nitrogen and oxygen atoms in total. The van der Waals surface area contributed by atoms with Gasteiger partial charge in [-0.3, -0.25) is 0 Å². The van der Waals surface area contributed by atoms with Crippen molar-refractivity contribution in [2.45, 2.75) is 0 Å². The lowest BCUT2D eigenvalue weighted by molar-refractivity contribution is -0.139. The summed E-state index contributed by atoms with van der Waals surface area (Å²) in [7, 11) is 0. The van der Waals surface area contributed by atoms with E-state index in [9.17, 15) is 4.79 Å². The first kappa shape index (κ1) is 19.5. The summed E-state index contributed by atoms with van der Waals surface area (Å²) >= 11 is 0. The first-order chi connectivity index (χ1) is 9.66. The molecule has 0 amide bonds. The number of rotatable bonds is 6. The number of halogens is 2. The number of benzene rings is 1. The zero-order valence-corrected chi connectivity index (χ0v) is 12.8. The first-order valence-electron chi connectivity index (χ1n) is 5.54. The van der Waals surface area contributed by atoms with Crippen molar-refractivity contribution in [3.63, 3.8) is 0 Å². The molecule has 0 aliphatic carbocycles. The molecule has 2 aromatic rings. The molecule has 22 heavy (non-hydrogen) atoms. The summed E-state index contributed by atoms with van der Waals surface area (Å²) in [6.07, 6.45) is 2.79. The van der Waals surface area contributed by atoms with E-state index < -0.39 is 12.6 Å². The van der Waals surface area contributed by atoms with E-state index in [-0.39, 0.29) is 30.8 Å². The van der Waals surface area contributed by atoms with E-state index in [0.717, 1.165) is 0 Å². The molecule has 1 aromatic heterocycles. The molecule has 1 heterocycles. The number of nitrogen functional groups attached to an aromatic ring is 1. The Hall–Kier alpha value is -2.52. The fourth-order valence-corrected chi connectivity index (χ4v) is 1.34. The lowest BCUT2D eigenvalue weighted by Gasteiger charge is -2.06. The van der Waals surface area contributed by atoms with E-state index >= 15 is 0 Å². The Morgan fingerprint density at radius 2 is 2.18 bits per heavy atom. The van der Waals surface area contributed by atoms with Crippen molar-refractivity contribution >= 4 is 42.9 Å². The van der Waals surface area contributed by atoms with Crippen LogP contribution in [0, 0.1) is 0 Å². The maximum Gasteiger partial charge on any atom is 0.341 e. The Bertz CT molecular complexity index is 634. The van der Waals surface area contributed by atoms with Gasteiger partial charge >= 0.3 is 5.97 Å². The normalized spacial score (nSPS) is 9.64. The van der Waals surface area contributed by atoms with Crippen LogP contribution in [0.2, 0.25) is 0 Å². The van der Waals surface area contributed by atoms with Crippen molar-refractivity contribution in [1.82, 2.24) is 14.9 Å². The summed E-state index contributed by atoms with van der Waals surface area (Å²) in [5.74, 6) is 5.13. The summed E-state index contributed by atoms with van der Waals surface area (Å²) in [6, 6.07) is 6.89. The second-order valence-corrected chi connectivity index (χ2v) is 3.65. The minimum Gasteiger partial charge on any atom is -0.481 e. The van der Waals surface area contributed by atoms with E-state index in [2.05, 4.69) is 20.7 Å². The summed E-state index contributed by atoms with van der Waals surface area (Å²) in [6.45, 7) is -0.421. The van der Waals surface area contributed by atoms with Crippen LogP contribution in [0.15, 0.2) is 35.7 Å². The number of aromatic nitrogens is 3. The van der Waals surface area contributed by atoms with Crippen LogP contribution in [0.3, 0.4) is 0 Å². The summed E-state index contributed by atoms with van der Waals surface area (Å²) < 4.78 is 6.30. The number of anilines is 1.